The second-order valence-corrected chi connectivity index (χ2v) is 4.91. The second kappa shape index (κ2) is 4.80. The van der Waals surface area contributed by atoms with Crippen molar-refractivity contribution in [2.45, 2.75) is 32.6 Å². The monoisotopic (exact) mass is 203 g/mol. The largest absolute Gasteiger partial charge is 0.316 e. The Kier molecular flexibility index (Phi) is 3.42. The van der Waals surface area contributed by atoms with E-state index in [0.29, 0.717) is 5.92 Å². The van der Waals surface area contributed by atoms with Gasteiger partial charge in [-0.25, -0.2) is 0 Å². The van der Waals surface area contributed by atoms with Crippen LogP contribution in [-0.4, -0.2) is 13.1 Å². The van der Waals surface area contributed by atoms with E-state index in [-0.39, 0.29) is 0 Å². The Hall–Kier alpha value is -0.820. The minimum atomic E-state index is 0.704. The molecule has 1 aliphatic rings. The van der Waals surface area contributed by atoms with Gasteiger partial charge in [0.05, 0.1) is 0 Å². The average molecular weight is 203 g/mol. The highest BCUT2D eigenvalue weighted by atomic mass is 14.9. The van der Waals surface area contributed by atoms with Crippen LogP contribution in [-0.2, 0) is 0 Å². The molecule has 1 N–H and O–H groups in total. The maximum absolute atomic E-state index is 3.44. The molecule has 2 atom stereocenters. The van der Waals surface area contributed by atoms with Gasteiger partial charge in [-0.1, -0.05) is 36.8 Å². The molecule has 1 fully saturated rings. The molecular weight excluding hydrogens is 182 g/mol. The smallest absolute Gasteiger partial charge is 0.00198 e. The summed E-state index contributed by atoms with van der Waals surface area (Å²) < 4.78 is 0. The molecule has 1 aromatic carbocycles. The number of nitrogens with one attached hydrogen (secondary N) is 1. The Bertz CT molecular complexity index is 296. The standard InChI is InChI=1S/C14H21N/c1-11-3-5-14(6-4-11)12(2)9-13-7-8-15-10-13/h3-6,12-13,15H,7-10H2,1-2H3. The van der Waals surface area contributed by atoms with E-state index < -0.39 is 0 Å². The summed E-state index contributed by atoms with van der Waals surface area (Å²) in [6.45, 7) is 6.93. The first kappa shape index (κ1) is 10.7. The van der Waals surface area contributed by atoms with E-state index >= 15 is 0 Å². The summed E-state index contributed by atoms with van der Waals surface area (Å²) in [6.07, 6.45) is 2.69. The van der Waals surface area contributed by atoms with Crippen molar-refractivity contribution in [3.8, 4) is 0 Å². The molecule has 0 spiro atoms. The van der Waals surface area contributed by atoms with Crippen LogP contribution in [0.15, 0.2) is 24.3 Å². The molecule has 15 heavy (non-hydrogen) atoms. The normalized spacial score (nSPS) is 22.9. The van der Waals surface area contributed by atoms with Crippen molar-refractivity contribution in [1.29, 1.82) is 0 Å². The zero-order valence-electron chi connectivity index (χ0n) is 9.79. The predicted molar refractivity (Wildman–Crippen MR) is 65.2 cm³/mol. The third-order valence-electron chi connectivity index (χ3n) is 3.50. The van der Waals surface area contributed by atoms with E-state index in [2.05, 4.69) is 43.4 Å². The first-order valence-corrected chi connectivity index (χ1v) is 6.03. The summed E-state index contributed by atoms with van der Waals surface area (Å²) in [4.78, 5) is 0. The fourth-order valence-corrected chi connectivity index (χ4v) is 2.45. The zero-order valence-corrected chi connectivity index (χ0v) is 9.79. The van der Waals surface area contributed by atoms with Crippen molar-refractivity contribution in [3.05, 3.63) is 35.4 Å². The van der Waals surface area contributed by atoms with Crippen molar-refractivity contribution in [3.63, 3.8) is 0 Å². The van der Waals surface area contributed by atoms with E-state index in [1.165, 1.54) is 37.1 Å². The van der Waals surface area contributed by atoms with Crippen LogP contribution in [0.5, 0.6) is 0 Å². The van der Waals surface area contributed by atoms with Crippen LogP contribution in [0.25, 0.3) is 0 Å². The van der Waals surface area contributed by atoms with Crippen LogP contribution in [0.2, 0.25) is 0 Å². The number of rotatable bonds is 3. The average Bonchev–Trinajstić information content (AvgIpc) is 2.71. The van der Waals surface area contributed by atoms with Gasteiger partial charge in [0.25, 0.3) is 0 Å². The van der Waals surface area contributed by atoms with Gasteiger partial charge in [-0.05, 0) is 50.3 Å². The minimum absolute atomic E-state index is 0.704. The SMILES string of the molecule is Cc1ccc(C(C)CC2CCNC2)cc1. The number of aryl methyl sites for hydroxylation is 1. The zero-order chi connectivity index (χ0) is 10.7. The van der Waals surface area contributed by atoms with Crippen LogP contribution < -0.4 is 5.32 Å². The lowest BCUT2D eigenvalue weighted by Gasteiger charge is -2.16. The first-order chi connectivity index (χ1) is 7.25. The molecule has 1 heteroatoms. The van der Waals surface area contributed by atoms with Gasteiger partial charge in [0.15, 0.2) is 0 Å². The summed E-state index contributed by atoms with van der Waals surface area (Å²) in [6, 6.07) is 9.00. The fraction of sp³-hybridized carbons (Fsp3) is 0.571. The molecule has 1 saturated heterocycles. The molecule has 2 unspecified atom stereocenters. The van der Waals surface area contributed by atoms with Crippen LogP contribution in [0.4, 0.5) is 0 Å². The third-order valence-corrected chi connectivity index (χ3v) is 3.50. The summed E-state index contributed by atoms with van der Waals surface area (Å²) in [5.74, 6) is 1.59. The van der Waals surface area contributed by atoms with Gasteiger partial charge in [0.2, 0.25) is 0 Å². The van der Waals surface area contributed by atoms with Crippen molar-refractivity contribution in [2.75, 3.05) is 13.1 Å². The van der Waals surface area contributed by atoms with Gasteiger partial charge in [0.1, 0.15) is 0 Å². The fourth-order valence-electron chi connectivity index (χ4n) is 2.45. The summed E-state index contributed by atoms with van der Waals surface area (Å²) in [7, 11) is 0. The first-order valence-electron chi connectivity index (χ1n) is 6.03. The Morgan fingerprint density at radius 1 is 1.33 bits per heavy atom. The van der Waals surface area contributed by atoms with Gasteiger partial charge in [-0.2, -0.15) is 0 Å². The minimum Gasteiger partial charge on any atom is -0.316 e. The molecule has 0 radical (unpaired) electrons. The van der Waals surface area contributed by atoms with E-state index in [4.69, 9.17) is 0 Å². The molecule has 2 rings (SSSR count). The molecule has 0 bridgehead atoms. The van der Waals surface area contributed by atoms with Gasteiger partial charge >= 0.3 is 0 Å². The molecule has 0 aromatic heterocycles. The Balaban J connectivity index is 1.94. The lowest BCUT2D eigenvalue weighted by atomic mass is 9.89. The van der Waals surface area contributed by atoms with Gasteiger partial charge < -0.3 is 5.32 Å². The molecule has 1 heterocycles. The molecule has 1 aromatic rings. The van der Waals surface area contributed by atoms with E-state index in [0.717, 1.165) is 5.92 Å². The molecular formula is C14H21N. The Morgan fingerprint density at radius 3 is 2.67 bits per heavy atom. The third kappa shape index (κ3) is 2.82. The van der Waals surface area contributed by atoms with Crippen molar-refractivity contribution in [1.82, 2.24) is 5.32 Å². The van der Waals surface area contributed by atoms with Gasteiger partial charge in [-0.15, -0.1) is 0 Å². The lowest BCUT2D eigenvalue weighted by Crippen LogP contribution is -2.11. The van der Waals surface area contributed by atoms with E-state index in [1.807, 2.05) is 0 Å². The molecule has 0 saturated carbocycles. The predicted octanol–water partition coefficient (Wildman–Crippen LogP) is 3.10. The highest BCUT2D eigenvalue weighted by Gasteiger charge is 2.17. The van der Waals surface area contributed by atoms with Crippen LogP contribution in [0, 0.1) is 12.8 Å². The quantitative estimate of drug-likeness (QED) is 0.796. The Labute approximate surface area is 92.9 Å². The number of benzene rings is 1. The number of hydrogen-bond donors (Lipinski definition) is 1. The van der Waals surface area contributed by atoms with Crippen LogP contribution >= 0.6 is 0 Å². The molecule has 0 amide bonds. The maximum Gasteiger partial charge on any atom is -0.00198 e. The topological polar surface area (TPSA) is 12.0 Å². The summed E-state index contributed by atoms with van der Waals surface area (Å²) in [5, 5.41) is 3.44. The molecule has 1 aliphatic heterocycles. The molecule has 1 nitrogen and oxygen atoms in total. The molecule has 82 valence electrons. The van der Waals surface area contributed by atoms with Crippen molar-refractivity contribution in [2.24, 2.45) is 5.92 Å². The van der Waals surface area contributed by atoms with Gasteiger partial charge in [-0.3, -0.25) is 0 Å². The van der Waals surface area contributed by atoms with Crippen molar-refractivity contribution >= 4 is 0 Å². The number of hydrogen-bond acceptors (Lipinski definition) is 1. The summed E-state index contributed by atoms with van der Waals surface area (Å²) >= 11 is 0. The maximum atomic E-state index is 3.44. The van der Waals surface area contributed by atoms with Crippen LogP contribution in [0.1, 0.15) is 36.8 Å². The molecule has 0 aliphatic carbocycles. The lowest BCUT2D eigenvalue weighted by molar-refractivity contribution is 0.484. The Morgan fingerprint density at radius 2 is 2.07 bits per heavy atom. The van der Waals surface area contributed by atoms with Crippen LogP contribution in [0.3, 0.4) is 0 Å². The van der Waals surface area contributed by atoms with Crippen molar-refractivity contribution < 1.29 is 0 Å². The highest BCUT2D eigenvalue weighted by Crippen LogP contribution is 2.26. The van der Waals surface area contributed by atoms with E-state index in [9.17, 15) is 0 Å². The summed E-state index contributed by atoms with van der Waals surface area (Å²) in [5.41, 5.74) is 2.85. The van der Waals surface area contributed by atoms with E-state index in [1.54, 1.807) is 0 Å². The highest BCUT2D eigenvalue weighted by molar-refractivity contribution is 5.24. The van der Waals surface area contributed by atoms with Gasteiger partial charge in [0, 0.05) is 0 Å². The second-order valence-electron chi connectivity index (χ2n) is 4.91.